The van der Waals surface area contributed by atoms with Crippen LogP contribution in [0.2, 0.25) is 0 Å². The molecular formula is C9H9ClMgO2. The molecule has 0 radical (unpaired) electrons. The first-order valence-electron chi connectivity index (χ1n) is 3.48. The minimum atomic E-state index is -0.288. The fourth-order valence-electron chi connectivity index (χ4n) is 0.735. The SMILES string of the molecule is CCOC(=O)c1c[c-]ccc1.[Cl-].[Mg+2]. The Bertz CT molecular complexity index is 239. The monoisotopic (exact) mass is 208 g/mol. The summed E-state index contributed by atoms with van der Waals surface area (Å²) in [5.41, 5.74) is 0.550. The number of esters is 1. The van der Waals surface area contributed by atoms with Gasteiger partial charge in [0.2, 0.25) is 0 Å². The van der Waals surface area contributed by atoms with Crippen LogP contribution in [0.15, 0.2) is 24.3 Å². The van der Waals surface area contributed by atoms with Gasteiger partial charge in [0.05, 0.1) is 6.61 Å². The van der Waals surface area contributed by atoms with Crippen LogP contribution in [0.3, 0.4) is 0 Å². The van der Waals surface area contributed by atoms with Crippen LogP contribution in [-0.2, 0) is 4.74 Å². The van der Waals surface area contributed by atoms with Crippen LogP contribution >= 0.6 is 0 Å². The normalized spacial score (nSPS) is 7.77. The quantitative estimate of drug-likeness (QED) is 0.329. The molecule has 2 nitrogen and oxygen atoms in total. The van der Waals surface area contributed by atoms with E-state index in [1.54, 1.807) is 31.2 Å². The number of halogens is 1. The summed E-state index contributed by atoms with van der Waals surface area (Å²) in [7, 11) is 0. The van der Waals surface area contributed by atoms with E-state index in [9.17, 15) is 4.79 Å². The van der Waals surface area contributed by atoms with Crippen LogP contribution in [0, 0.1) is 6.07 Å². The molecule has 0 saturated heterocycles. The summed E-state index contributed by atoms with van der Waals surface area (Å²) in [5, 5.41) is 0. The Morgan fingerprint density at radius 2 is 2.31 bits per heavy atom. The van der Waals surface area contributed by atoms with E-state index in [0.717, 1.165) is 0 Å². The summed E-state index contributed by atoms with van der Waals surface area (Å²) in [4.78, 5) is 11.0. The fourth-order valence-corrected chi connectivity index (χ4v) is 0.735. The molecule has 0 fully saturated rings. The Morgan fingerprint density at radius 1 is 1.62 bits per heavy atom. The Balaban J connectivity index is 0. The number of rotatable bonds is 2. The molecule has 0 aromatic heterocycles. The van der Waals surface area contributed by atoms with Gasteiger partial charge in [0.15, 0.2) is 0 Å². The Kier molecular flexibility index (Phi) is 9.78. The molecule has 66 valence electrons. The molecule has 1 aromatic rings. The Labute approximate surface area is 100 Å². The van der Waals surface area contributed by atoms with E-state index in [-0.39, 0.29) is 41.4 Å². The van der Waals surface area contributed by atoms with Crippen molar-refractivity contribution in [3.8, 4) is 0 Å². The van der Waals surface area contributed by atoms with Gasteiger partial charge in [-0.15, -0.1) is 0 Å². The van der Waals surface area contributed by atoms with Gasteiger partial charge in [-0.2, -0.15) is 30.3 Å². The van der Waals surface area contributed by atoms with E-state index in [0.29, 0.717) is 12.2 Å². The first kappa shape index (κ1) is 15.2. The van der Waals surface area contributed by atoms with Gasteiger partial charge in [-0.25, -0.2) is 0 Å². The van der Waals surface area contributed by atoms with E-state index in [4.69, 9.17) is 4.74 Å². The predicted octanol–water partition coefficient (Wildman–Crippen LogP) is -1.71. The van der Waals surface area contributed by atoms with Crippen LogP contribution in [-0.4, -0.2) is 35.6 Å². The smallest absolute Gasteiger partial charge is 1.00 e. The summed E-state index contributed by atoms with van der Waals surface area (Å²) in [6, 6.07) is 9.61. The topological polar surface area (TPSA) is 26.3 Å². The second-order valence-electron chi connectivity index (χ2n) is 2.01. The molecule has 1 aromatic carbocycles. The number of hydrogen-bond acceptors (Lipinski definition) is 2. The third kappa shape index (κ3) is 5.13. The van der Waals surface area contributed by atoms with Crippen LogP contribution in [0.1, 0.15) is 17.3 Å². The van der Waals surface area contributed by atoms with Crippen molar-refractivity contribution < 1.29 is 21.9 Å². The molecule has 0 aliphatic rings. The van der Waals surface area contributed by atoms with Crippen molar-refractivity contribution in [3.05, 3.63) is 35.9 Å². The van der Waals surface area contributed by atoms with Crippen molar-refractivity contribution in [2.24, 2.45) is 0 Å². The van der Waals surface area contributed by atoms with Crippen molar-refractivity contribution in [2.75, 3.05) is 6.61 Å². The molecule has 0 N–H and O–H groups in total. The minimum absolute atomic E-state index is 0. The summed E-state index contributed by atoms with van der Waals surface area (Å²) >= 11 is 0. The standard InChI is InChI=1S/C9H9O2.ClH.Mg/c1-2-11-9(10)8-6-4-3-5-7-8;;/h3-4,6-7H,2H2,1H3;1H;/q-1;;+2/p-1. The zero-order valence-corrected chi connectivity index (χ0v) is 9.59. The van der Waals surface area contributed by atoms with Crippen LogP contribution in [0.25, 0.3) is 0 Å². The van der Waals surface area contributed by atoms with Gasteiger partial charge in [0.25, 0.3) is 5.97 Å². The fraction of sp³-hybridized carbons (Fsp3) is 0.222. The summed E-state index contributed by atoms with van der Waals surface area (Å²) in [6.07, 6.45) is 0. The van der Waals surface area contributed by atoms with Gasteiger partial charge < -0.3 is 17.1 Å². The molecule has 0 aliphatic carbocycles. The van der Waals surface area contributed by atoms with Crippen LogP contribution in [0.5, 0.6) is 0 Å². The van der Waals surface area contributed by atoms with Crippen molar-refractivity contribution in [1.29, 1.82) is 0 Å². The molecule has 0 amide bonds. The summed E-state index contributed by atoms with van der Waals surface area (Å²) < 4.78 is 4.77. The number of benzene rings is 1. The van der Waals surface area contributed by atoms with Crippen molar-refractivity contribution >= 4 is 29.0 Å². The summed E-state index contributed by atoms with van der Waals surface area (Å²) in [5.74, 6) is -0.288. The zero-order chi connectivity index (χ0) is 8.10. The average Bonchev–Trinajstić information content (AvgIpc) is 2.07. The minimum Gasteiger partial charge on any atom is -1.00 e. The first-order valence-corrected chi connectivity index (χ1v) is 3.48. The van der Waals surface area contributed by atoms with Crippen LogP contribution < -0.4 is 12.4 Å². The van der Waals surface area contributed by atoms with Crippen molar-refractivity contribution in [3.63, 3.8) is 0 Å². The third-order valence-corrected chi connectivity index (χ3v) is 1.22. The molecule has 0 aliphatic heterocycles. The van der Waals surface area contributed by atoms with Crippen molar-refractivity contribution in [1.82, 2.24) is 0 Å². The molecule has 0 unspecified atom stereocenters. The molecule has 1 rings (SSSR count). The zero-order valence-electron chi connectivity index (χ0n) is 7.42. The predicted molar refractivity (Wildman–Crippen MR) is 47.0 cm³/mol. The number of hydrogen-bond donors (Lipinski definition) is 0. The average molecular weight is 209 g/mol. The Morgan fingerprint density at radius 3 is 2.77 bits per heavy atom. The van der Waals surface area contributed by atoms with E-state index >= 15 is 0 Å². The van der Waals surface area contributed by atoms with Gasteiger partial charge >= 0.3 is 23.1 Å². The first-order chi connectivity index (χ1) is 5.34. The van der Waals surface area contributed by atoms with Gasteiger partial charge in [-0.1, -0.05) is 5.56 Å². The number of ether oxygens (including phenoxy) is 1. The molecule has 0 spiro atoms. The van der Waals surface area contributed by atoms with Gasteiger partial charge in [0, 0.05) is 0 Å². The largest absolute Gasteiger partial charge is 2.00 e. The number of carbonyl (C=O) groups excluding carboxylic acids is 1. The molecule has 4 heteroatoms. The molecular weight excluding hydrogens is 200 g/mol. The molecule has 0 heterocycles. The number of carbonyl (C=O) groups is 1. The molecule has 0 bridgehead atoms. The van der Waals surface area contributed by atoms with E-state index in [1.807, 2.05) is 0 Å². The summed E-state index contributed by atoms with van der Waals surface area (Å²) in [6.45, 7) is 2.19. The maximum Gasteiger partial charge on any atom is 2.00 e. The van der Waals surface area contributed by atoms with Crippen molar-refractivity contribution in [2.45, 2.75) is 6.92 Å². The van der Waals surface area contributed by atoms with Gasteiger partial charge in [0.1, 0.15) is 0 Å². The second kappa shape index (κ2) is 8.35. The maximum absolute atomic E-state index is 11.0. The molecule has 13 heavy (non-hydrogen) atoms. The van der Waals surface area contributed by atoms with Gasteiger partial charge in [-0.3, -0.25) is 4.79 Å². The van der Waals surface area contributed by atoms with Crippen LogP contribution in [0.4, 0.5) is 0 Å². The van der Waals surface area contributed by atoms with E-state index < -0.39 is 0 Å². The third-order valence-electron chi connectivity index (χ3n) is 1.22. The Hall–Kier alpha value is -0.254. The molecule has 0 atom stereocenters. The molecule has 0 saturated carbocycles. The van der Waals surface area contributed by atoms with Gasteiger partial charge in [-0.05, 0) is 6.92 Å². The van der Waals surface area contributed by atoms with E-state index in [1.165, 1.54) is 0 Å². The van der Waals surface area contributed by atoms with E-state index in [2.05, 4.69) is 6.07 Å². The maximum atomic E-state index is 11.0. The second-order valence-corrected chi connectivity index (χ2v) is 2.01.